The SMILES string of the molecule is CN(CCO)CNC(=O)C1=C(O)[C@@]2(O)C(=O)C3=C(O)c4c(O)cccc4[C@@](C)(O)[C@H]3C[C@H]2[C@H](N(C)C)C1=O. The number of nitrogens with zero attached hydrogens (tertiary/aromatic N) is 2. The van der Waals surface area contributed by atoms with Crippen LogP contribution in [0.25, 0.3) is 5.76 Å². The van der Waals surface area contributed by atoms with Crippen LogP contribution in [0.3, 0.4) is 0 Å². The van der Waals surface area contributed by atoms with Crippen molar-refractivity contribution in [3.8, 4) is 5.75 Å². The molecule has 7 N–H and O–H groups in total. The summed E-state index contributed by atoms with van der Waals surface area (Å²) in [5.74, 6) is -7.59. The van der Waals surface area contributed by atoms with E-state index in [9.17, 15) is 39.9 Å². The predicted molar refractivity (Wildman–Crippen MR) is 134 cm³/mol. The van der Waals surface area contributed by atoms with Gasteiger partial charge in [-0.25, -0.2) is 0 Å². The molecule has 206 valence electrons. The molecule has 0 unspecified atom stereocenters. The van der Waals surface area contributed by atoms with Gasteiger partial charge in [0.2, 0.25) is 5.78 Å². The van der Waals surface area contributed by atoms with E-state index in [0.717, 1.165) is 0 Å². The molecule has 0 bridgehead atoms. The first-order chi connectivity index (χ1) is 17.7. The first kappa shape index (κ1) is 27.7. The standard InChI is InChI=1S/C26H33N3O9/c1-25(37)12-6-5-7-15(31)16(12)20(32)17-13(25)10-14-19(28(2)3)21(33)18(23(35)26(14,38)22(17)34)24(36)27-11-29(4)8-9-30/h5-7,13-14,19,30-32,35,37-38H,8-11H2,1-4H3,(H,27,36)/t13-,14-,19-,25+,26-/m0/s1. The van der Waals surface area contributed by atoms with Gasteiger partial charge in [-0.05, 0) is 46.1 Å². The molecule has 38 heavy (non-hydrogen) atoms. The van der Waals surface area contributed by atoms with E-state index in [-0.39, 0.29) is 37.4 Å². The Morgan fingerprint density at radius 1 is 1.13 bits per heavy atom. The lowest BCUT2D eigenvalue weighted by atomic mass is 9.54. The second-order valence-corrected chi connectivity index (χ2v) is 10.6. The van der Waals surface area contributed by atoms with Gasteiger partial charge >= 0.3 is 0 Å². The van der Waals surface area contributed by atoms with Crippen molar-refractivity contribution in [3.63, 3.8) is 0 Å². The van der Waals surface area contributed by atoms with Crippen LogP contribution in [0.15, 0.2) is 35.1 Å². The number of fused-ring (bicyclic) bond motifs is 3. The van der Waals surface area contributed by atoms with Gasteiger partial charge in [0, 0.05) is 24.0 Å². The number of hydrogen-bond donors (Lipinski definition) is 7. The van der Waals surface area contributed by atoms with Crippen LogP contribution in [0, 0.1) is 11.8 Å². The topological polar surface area (TPSA) is 191 Å². The van der Waals surface area contributed by atoms with Crippen molar-refractivity contribution in [2.45, 2.75) is 30.6 Å². The third-order valence-corrected chi connectivity index (χ3v) is 7.99. The summed E-state index contributed by atoms with van der Waals surface area (Å²) < 4.78 is 0. The van der Waals surface area contributed by atoms with Crippen molar-refractivity contribution in [2.24, 2.45) is 11.8 Å². The molecule has 1 saturated carbocycles. The summed E-state index contributed by atoms with van der Waals surface area (Å²) in [7, 11) is 4.65. The summed E-state index contributed by atoms with van der Waals surface area (Å²) in [4.78, 5) is 43.6. The number of aromatic hydroxyl groups is 1. The highest BCUT2D eigenvalue weighted by Gasteiger charge is 2.66. The smallest absolute Gasteiger partial charge is 0.259 e. The van der Waals surface area contributed by atoms with Crippen molar-refractivity contribution < 1.29 is 45.0 Å². The number of aliphatic hydroxyl groups excluding tert-OH is 3. The molecule has 5 atom stereocenters. The summed E-state index contributed by atoms with van der Waals surface area (Å²) in [6.45, 7) is 1.35. The number of phenolic OH excluding ortho intramolecular Hbond substituents is 1. The Labute approximate surface area is 219 Å². The molecule has 12 heteroatoms. The van der Waals surface area contributed by atoms with Gasteiger partial charge in [-0.3, -0.25) is 24.2 Å². The van der Waals surface area contributed by atoms with Crippen LogP contribution >= 0.6 is 0 Å². The highest BCUT2D eigenvalue weighted by atomic mass is 16.3. The van der Waals surface area contributed by atoms with Crippen LogP contribution in [0.2, 0.25) is 0 Å². The van der Waals surface area contributed by atoms with Crippen molar-refractivity contribution in [2.75, 3.05) is 41.0 Å². The van der Waals surface area contributed by atoms with Crippen LogP contribution in [-0.2, 0) is 20.0 Å². The molecule has 1 aromatic carbocycles. The van der Waals surface area contributed by atoms with E-state index in [1.807, 2.05) is 0 Å². The van der Waals surface area contributed by atoms with E-state index < -0.39 is 75.0 Å². The lowest BCUT2D eigenvalue weighted by Gasteiger charge is -2.53. The third-order valence-electron chi connectivity index (χ3n) is 7.99. The predicted octanol–water partition coefficient (Wildman–Crippen LogP) is -0.858. The monoisotopic (exact) mass is 531 g/mol. The first-order valence-electron chi connectivity index (χ1n) is 12.2. The van der Waals surface area contributed by atoms with E-state index >= 15 is 0 Å². The van der Waals surface area contributed by atoms with Gasteiger partial charge in [0.1, 0.15) is 22.8 Å². The highest BCUT2D eigenvalue weighted by Crippen LogP contribution is 2.57. The number of rotatable bonds is 6. The number of aliphatic hydroxyl groups is 5. The molecule has 0 aliphatic heterocycles. The van der Waals surface area contributed by atoms with Crippen LogP contribution in [0.4, 0.5) is 0 Å². The zero-order valence-corrected chi connectivity index (χ0v) is 21.6. The lowest BCUT2D eigenvalue weighted by molar-refractivity contribution is -0.159. The van der Waals surface area contributed by atoms with Crippen molar-refractivity contribution in [1.29, 1.82) is 0 Å². The maximum absolute atomic E-state index is 14.0. The average molecular weight is 532 g/mol. The molecule has 12 nitrogen and oxygen atoms in total. The van der Waals surface area contributed by atoms with Crippen molar-refractivity contribution in [3.05, 3.63) is 46.2 Å². The van der Waals surface area contributed by atoms with Crippen LogP contribution in [-0.4, -0.2) is 111 Å². The normalized spacial score (nSPS) is 30.9. The van der Waals surface area contributed by atoms with Gasteiger partial charge in [0.15, 0.2) is 11.4 Å². The number of carbonyl (C=O) groups is 3. The zero-order valence-electron chi connectivity index (χ0n) is 21.6. The number of nitrogens with one attached hydrogen (secondary N) is 1. The number of ketones is 2. The third kappa shape index (κ3) is 3.83. The van der Waals surface area contributed by atoms with E-state index in [1.54, 1.807) is 7.05 Å². The Balaban J connectivity index is 1.90. The quantitative estimate of drug-likeness (QED) is 0.179. The molecule has 1 aromatic rings. The zero-order chi connectivity index (χ0) is 28.3. The highest BCUT2D eigenvalue weighted by molar-refractivity contribution is 6.25. The Hall–Kier alpha value is -3.29. The molecule has 1 amide bonds. The van der Waals surface area contributed by atoms with Crippen LogP contribution < -0.4 is 5.32 Å². The Kier molecular flexibility index (Phi) is 6.91. The summed E-state index contributed by atoms with van der Waals surface area (Å²) in [6, 6.07) is 3.01. The number of hydrogen-bond acceptors (Lipinski definition) is 11. The largest absolute Gasteiger partial charge is 0.508 e. The molecule has 1 fully saturated rings. The number of phenols is 1. The molecule has 0 radical (unpaired) electrons. The fourth-order valence-electron chi connectivity index (χ4n) is 6.03. The molecule has 0 spiro atoms. The molecule has 4 rings (SSSR count). The lowest BCUT2D eigenvalue weighted by Crippen LogP contribution is -2.67. The van der Waals surface area contributed by atoms with E-state index in [2.05, 4.69) is 5.32 Å². The van der Waals surface area contributed by atoms with Crippen molar-refractivity contribution in [1.82, 2.24) is 15.1 Å². The Morgan fingerprint density at radius 2 is 1.79 bits per heavy atom. The minimum Gasteiger partial charge on any atom is -0.508 e. The van der Waals surface area contributed by atoms with Gasteiger partial charge in [0.25, 0.3) is 5.91 Å². The molecular weight excluding hydrogens is 498 g/mol. The van der Waals surface area contributed by atoms with Crippen LogP contribution in [0.5, 0.6) is 5.75 Å². The molecule has 0 heterocycles. The fourth-order valence-corrected chi connectivity index (χ4v) is 6.03. The van der Waals surface area contributed by atoms with Crippen LogP contribution in [0.1, 0.15) is 24.5 Å². The first-order valence-corrected chi connectivity index (χ1v) is 12.2. The second-order valence-electron chi connectivity index (χ2n) is 10.6. The van der Waals surface area contributed by atoms with Gasteiger partial charge in [-0.2, -0.15) is 0 Å². The van der Waals surface area contributed by atoms with E-state index in [0.29, 0.717) is 0 Å². The number of benzene rings is 1. The minimum atomic E-state index is -2.77. The molecule has 3 aliphatic rings. The summed E-state index contributed by atoms with van der Waals surface area (Å²) >= 11 is 0. The number of likely N-dealkylation sites (N-methyl/N-ethyl adjacent to an activating group) is 2. The van der Waals surface area contributed by atoms with Crippen molar-refractivity contribution >= 4 is 23.2 Å². The molecule has 0 aromatic heterocycles. The number of Topliss-reactive ketones (excluding diaryl/α,β-unsaturated/α-hetero) is 2. The molecular formula is C26H33N3O9. The van der Waals surface area contributed by atoms with E-state index in [1.165, 1.54) is 49.0 Å². The Bertz CT molecular complexity index is 1270. The van der Waals surface area contributed by atoms with Gasteiger partial charge in [-0.1, -0.05) is 12.1 Å². The van der Waals surface area contributed by atoms with Gasteiger partial charge in [0.05, 0.1) is 30.5 Å². The summed E-state index contributed by atoms with van der Waals surface area (Å²) in [6.07, 6.45) is -0.212. The Morgan fingerprint density at radius 3 is 2.39 bits per heavy atom. The molecule has 3 aliphatic carbocycles. The second kappa shape index (κ2) is 9.47. The molecule has 0 saturated heterocycles. The summed E-state index contributed by atoms with van der Waals surface area (Å²) in [5, 5.41) is 67.7. The minimum absolute atomic E-state index is 0.0984. The maximum atomic E-state index is 14.0. The number of amides is 1. The summed E-state index contributed by atoms with van der Waals surface area (Å²) in [5.41, 5.74) is -5.78. The maximum Gasteiger partial charge on any atom is 0.259 e. The number of carbonyl (C=O) groups excluding carboxylic acids is 3. The van der Waals surface area contributed by atoms with Gasteiger partial charge < -0.3 is 36.0 Å². The fraction of sp³-hybridized carbons (Fsp3) is 0.500. The average Bonchev–Trinajstić information content (AvgIpc) is 2.83. The van der Waals surface area contributed by atoms with E-state index in [4.69, 9.17) is 5.11 Å². The van der Waals surface area contributed by atoms with Gasteiger partial charge in [-0.15, -0.1) is 0 Å².